The third-order valence-corrected chi connectivity index (χ3v) is 3.23. The summed E-state index contributed by atoms with van der Waals surface area (Å²) in [6, 6.07) is 4.74. The van der Waals surface area contributed by atoms with Crippen molar-refractivity contribution in [2.24, 2.45) is 0 Å². The molecule has 20 heavy (non-hydrogen) atoms. The van der Waals surface area contributed by atoms with Gasteiger partial charge in [-0.15, -0.1) is 0 Å². The van der Waals surface area contributed by atoms with Gasteiger partial charge in [0.25, 0.3) is 0 Å². The Morgan fingerprint density at radius 1 is 1.30 bits per heavy atom. The molecule has 110 valence electrons. The van der Waals surface area contributed by atoms with Crippen molar-refractivity contribution in [1.82, 2.24) is 5.32 Å². The van der Waals surface area contributed by atoms with Crippen LogP contribution < -0.4 is 10.6 Å². The first-order valence-corrected chi connectivity index (χ1v) is 6.70. The molecule has 1 atom stereocenters. The molecule has 2 N–H and O–H groups in total. The Morgan fingerprint density at radius 3 is 2.55 bits per heavy atom. The number of thiocarbonyl (C=S) groups is 1. The first-order chi connectivity index (χ1) is 9.45. The van der Waals surface area contributed by atoms with Crippen molar-refractivity contribution < 1.29 is 17.9 Å². The van der Waals surface area contributed by atoms with Gasteiger partial charge in [-0.2, -0.15) is 13.2 Å². The van der Waals surface area contributed by atoms with Gasteiger partial charge < -0.3 is 15.4 Å². The summed E-state index contributed by atoms with van der Waals surface area (Å²) in [5, 5.41) is 6.21. The van der Waals surface area contributed by atoms with E-state index in [1.54, 1.807) is 0 Å². The lowest BCUT2D eigenvalue weighted by molar-refractivity contribution is -0.137. The SMILES string of the molecule is FC(F)(F)c1ccc(NC(=S)NCC2CCCO2)cc1. The van der Waals surface area contributed by atoms with Crippen LogP contribution in [0.5, 0.6) is 0 Å². The first kappa shape index (κ1) is 15.1. The van der Waals surface area contributed by atoms with Crippen LogP contribution in [-0.2, 0) is 10.9 Å². The number of nitrogens with one attached hydrogen (secondary N) is 2. The highest BCUT2D eigenvalue weighted by Gasteiger charge is 2.29. The number of anilines is 1. The Hall–Kier alpha value is -1.34. The van der Waals surface area contributed by atoms with Crippen LogP contribution in [0.2, 0.25) is 0 Å². The smallest absolute Gasteiger partial charge is 0.376 e. The van der Waals surface area contributed by atoms with E-state index in [1.165, 1.54) is 12.1 Å². The molecule has 3 nitrogen and oxygen atoms in total. The van der Waals surface area contributed by atoms with Gasteiger partial charge in [-0.1, -0.05) is 0 Å². The summed E-state index contributed by atoms with van der Waals surface area (Å²) in [6.45, 7) is 1.37. The lowest BCUT2D eigenvalue weighted by Crippen LogP contribution is -2.34. The second kappa shape index (κ2) is 6.41. The van der Waals surface area contributed by atoms with Gasteiger partial charge in [-0.05, 0) is 49.3 Å². The Balaban J connectivity index is 1.81. The highest BCUT2D eigenvalue weighted by molar-refractivity contribution is 7.80. The van der Waals surface area contributed by atoms with E-state index >= 15 is 0 Å². The van der Waals surface area contributed by atoms with Gasteiger partial charge in [0.2, 0.25) is 0 Å². The average molecular weight is 304 g/mol. The molecule has 0 saturated carbocycles. The van der Waals surface area contributed by atoms with E-state index in [0.29, 0.717) is 17.3 Å². The second-order valence-corrected chi connectivity index (χ2v) is 4.95. The molecule has 0 bridgehead atoms. The van der Waals surface area contributed by atoms with Crippen molar-refractivity contribution in [3.8, 4) is 0 Å². The molecule has 0 spiro atoms. The van der Waals surface area contributed by atoms with Gasteiger partial charge in [-0.25, -0.2) is 0 Å². The number of hydrogen-bond acceptors (Lipinski definition) is 2. The molecule has 1 unspecified atom stereocenters. The van der Waals surface area contributed by atoms with Gasteiger partial charge >= 0.3 is 6.18 Å². The van der Waals surface area contributed by atoms with E-state index < -0.39 is 11.7 Å². The van der Waals surface area contributed by atoms with Crippen molar-refractivity contribution in [2.45, 2.75) is 25.1 Å². The topological polar surface area (TPSA) is 33.3 Å². The molecule has 0 amide bonds. The highest BCUT2D eigenvalue weighted by Crippen LogP contribution is 2.29. The summed E-state index contributed by atoms with van der Waals surface area (Å²) in [7, 11) is 0. The third kappa shape index (κ3) is 4.35. The van der Waals surface area contributed by atoms with Crippen molar-refractivity contribution in [3.05, 3.63) is 29.8 Å². The summed E-state index contributed by atoms with van der Waals surface area (Å²) < 4.78 is 42.6. The van der Waals surface area contributed by atoms with Gasteiger partial charge in [0.1, 0.15) is 0 Å². The van der Waals surface area contributed by atoms with Crippen LogP contribution in [-0.4, -0.2) is 24.4 Å². The highest BCUT2D eigenvalue weighted by atomic mass is 32.1. The predicted octanol–water partition coefficient (Wildman–Crippen LogP) is 3.17. The first-order valence-electron chi connectivity index (χ1n) is 6.29. The normalized spacial score (nSPS) is 18.9. The Morgan fingerprint density at radius 2 is 2.00 bits per heavy atom. The molecular weight excluding hydrogens is 289 g/mol. The van der Waals surface area contributed by atoms with E-state index in [2.05, 4.69) is 10.6 Å². The molecule has 0 aliphatic carbocycles. The summed E-state index contributed by atoms with van der Waals surface area (Å²) >= 11 is 5.08. The Labute approximate surface area is 120 Å². The van der Waals surface area contributed by atoms with Gasteiger partial charge in [0, 0.05) is 18.8 Å². The van der Waals surface area contributed by atoms with Crippen LogP contribution in [0.4, 0.5) is 18.9 Å². The maximum Gasteiger partial charge on any atom is 0.416 e. The fourth-order valence-corrected chi connectivity index (χ4v) is 2.13. The molecule has 0 aromatic heterocycles. The van der Waals surface area contributed by atoms with Gasteiger partial charge in [0.05, 0.1) is 11.7 Å². The van der Waals surface area contributed by atoms with Crippen LogP contribution in [0.1, 0.15) is 18.4 Å². The van der Waals surface area contributed by atoms with Crippen molar-refractivity contribution in [3.63, 3.8) is 0 Å². The van der Waals surface area contributed by atoms with Crippen LogP contribution in [0.3, 0.4) is 0 Å². The van der Waals surface area contributed by atoms with Crippen molar-refractivity contribution in [1.29, 1.82) is 0 Å². The quantitative estimate of drug-likeness (QED) is 0.840. The van der Waals surface area contributed by atoms with Crippen LogP contribution in [0, 0.1) is 0 Å². The van der Waals surface area contributed by atoms with Crippen LogP contribution in [0.25, 0.3) is 0 Å². The minimum Gasteiger partial charge on any atom is -0.376 e. The minimum atomic E-state index is -4.32. The molecule has 1 heterocycles. The van der Waals surface area contributed by atoms with E-state index in [-0.39, 0.29) is 6.10 Å². The predicted molar refractivity (Wildman–Crippen MR) is 74.6 cm³/mol. The lowest BCUT2D eigenvalue weighted by atomic mass is 10.2. The molecule has 1 aliphatic rings. The van der Waals surface area contributed by atoms with E-state index in [9.17, 15) is 13.2 Å². The number of benzene rings is 1. The molecular formula is C13H15F3N2OS. The monoisotopic (exact) mass is 304 g/mol. The van der Waals surface area contributed by atoms with E-state index in [4.69, 9.17) is 17.0 Å². The van der Waals surface area contributed by atoms with Crippen molar-refractivity contribution in [2.75, 3.05) is 18.5 Å². The molecule has 0 radical (unpaired) electrons. The molecule has 1 saturated heterocycles. The average Bonchev–Trinajstić information content (AvgIpc) is 2.89. The zero-order valence-electron chi connectivity index (χ0n) is 10.7. The largest absolute Gasteiger partial charge is 0.416 e. The standard InChI is InChI=1S/C13H15F3N2OS/c14-13(15,16)9-3-5-10(6-4-9)18-12(20)17-8-11-2-1-7-19-11/h3-6,11H,1-2,7-8H2,(H2,17,18,20). The molecule has 2 rings (SSSR count). The summed E-state index contributed by atoms with van der Waals surface area (Å²) in [5.41, 5.74) is -0.163. The maximum absolute atomic E-state index is 12.4. The number of hydrogen-bond donors (Lipinski definition) is 2. The fourth-order valence-electron chi connectivity index (χ4n) is 1.93. The molecule has 1 aromatic carbocycles. The van der Waals surface area contributed by atoms with E-state index in [0.717, 1.165) is 31.6 Å². The summed E-state index contributed by atoms with van der Waals surface area (Å²) in [4.78, 5) is 0. The third-order valence-electron chi connectivity index (χ3n) is 2.98. The van der Waals surface area contributed by atoms with Crippen LogP contribution in [0.15, 0.2) is 24.3 Å². The molecule has 1 aliphatic heterocycles. The zero-order valence-corrected chi connectivity index (χ0v) is 11.5. The second-order valence-electron chi connectivity index (χ2n) is 4.55. The summed E-state index contributed by atoms with van der Waals surface area (Å²) in [6.07, 6.45) is -2.12. The fraction of sp³-hybridized carbons (Fsp3) is 0.462. The molecule has 1 aromatic rings. The Kier molecular flexibility index (Phi) is 4.82. The van der Waals surface area contributed by atoms with Gasteiger partial charge in [0.15, 0.2) is 5.11 Å². The number of rotatable bonds is 3. The minimum absolute atomic E-state index is 0.155. The van der Waals surface area contributed by atoms with E-state index in [1.807, 2.05) is 0 Å². The van der Waals surface area contributed by atoms with Gasteiger partial charge in [-0.3, -0.25) is 0 Å². The summed E-state index contributed by atoms with van der Waals surface area (Å²) in [5.74, 6) is 0. The maximum atomic E-state index is 12.4. The lowest BCUT2D eigenvalue weighted by Gasteiger charge is -2.14. The molecule has 7 heteroatoms. The number of ether oxygens (including phenoxy) is 1. The Bertz CT molecular complexity index is 456. The molecule has 1 fully saturated rings. The number of alkyl halides is 3. The van der Waals surface area contributed by atoms with Crippen LogP contribution >= 0.6 is 12.2 Å². The zero-order chi connectivity index (χ0) is 14.6. The number of halogens is 3. The van der Waals surface area contributed by atoms with Crippen molar-refractivity contribution >= 4 is 23.0 Å².